The van der Waals surface area contributed by atoms with Crippen molar-refractivity contribution in [2.75, 3.05) is 10.6 Å². The van der Waals surface area contributed by atoms with E-state index < -0.39 is 0 Å². The van der Waals surface area contributed by atoms with Gasteiger partial charge in [-0.2, -0.15) is 0 Å². The minimum atomic E-state index is -0.342. The Morgan fingerprint density at radius 1 is 0.955 bits per heavy atom. The predicted octanol–water partition coefficient (Wildman–Crippen LogP) is 4.03. The lowest BCUT2D eigenvalue weighted by Crippen LogP contribution is -2.21. The minimum absolute atomic E-state index is 0.219. The van der Waals surface area contributed by atoms with E-state index in [0.717, 1.165) is 21.3 Å². The van der Waals surface area contributed by atoms with Gasteiger partial charge in [0.25, 0.3) is 0 Å². The van der Waals surface area contributed by atoms with Gasteiger partial charge in [-0.3, -0.25) is 9.59 Å². The quantitative estimate of drug-likeness (QED) is 0.808. The van der Waals surface area contributed by atoms with Crippen LogP contribution < -0.4 is 10.6 Å². The van der Waals surface area contributed by atoms with Crippen LogP contribution in [0, 0.1) is 13.8 Å². The van der Waals surface area contributed by atoms with Gasteiger partial charge < -0.3 is 10.6 Å². The molecule has 0 bridgehead atoms. The van der Waals surface area contributed by atoms with Gasteiger partial charge in [0.05, 0.1) is 0 Å². The molecule has 0 fully saturated rings. The Labute approximate surface area is 138 Å². The van der Waals surface area contributed by atoms with E-state index in [1.165, 1.54) is 0 Å². The zero-order valence-corrected chi connectivity index (χ0v) is 14.0. The molecule has 0 atom stereocenters. The summed E-state index contributed by atoms with van der Waals surface area (Å²) in [7, 11) is 0. The highest BCUT2D eigenvalue weighted by Crippen LogP contribution is 2.18. The van der Waals surface area contributed by atoms with Crippen LogP contribution in [0.1, 0.15) is 17.5 Å². The topological polar surface area (TPSA) is 58.2 Å². The van der Waals surface area contributed by atoms with Crippen LogP contribution in [0.4, 0.5) is 11.4 Å². The van der Waals surface area contributed by atoms with E-state index in [1.54, 1.807) is 12.1 Å². The van der Waals surface area contributed by atoms with Gasteiger partial charge in [0, 0.05) is 15.8 Å². The third-order valence-electron chi connectivity index (χ3n) is 3.33. The predicted molar refractivity (Wildman–Crippen MR) is 91.9 cm³/mol. The number of rotatable bonds is 4. The van der Waals surface area contributed by atoms with Crippen LogP contribution in [0.15, 0.2) is 46.9 Å². The second-order valence-electron chi connectivity index (χ2n) is 5.03. The molecule has 0 heterocycles. The average molecular weight is 361 g/mol. The number of halogens is 1. The van der Waals surface area contributed by atoms with Crippen molar-refractivity contribution >= 4 is 39.1 Å². The molecule has 0 spiro atoms. The third kappa shape index (κ3) is 4.43. The normalized spacial score (nSPS) is 10.1. The van der Waals surface area contributed by atoms with Gasteiger partial charge in [-0.1, -0.05) is 28.1 Å². The first-order chi connectivity index (χ1) is 10.5. The smallest absolute Gasteiger partial charge is 0.233 e. The zero-order valence-electron chi connectivity index (χ0n) is 12.4. The summed E-state index contributed by atoms with van der Waals surface area (Å²) in [5.74, 6) is -0.673. The van der Waals surface area contributed by atoms with Crippen molar-refractivity contribution in [1.82, 2.24) is 0 Å². The van der Waals surface area contributed by atoms with Gasteiger partial charge in [0.2, 0.25) is 11.8 Å². The SMILES string of the molecule is Cc1cccc(NC(=O)CC(=O)Nc2ccc(Br)cc2)c1C. The van der Waals surface area contributed by atoms with Crippen LogP contribution in [0.25, 0.3) is 0 Å². The summed E-state index contributed by atoms with van der Waals surface area (Å²) < 4.78 is 0.929. The summed E-state index contributed by atoms with van der Waals surface area (Å²) in [4.78, 5) is 23.8. The molecule has 0 aromatic heterocycles. The number of anilines is 2. The second-order valence-corrected chi connectivity index (χ2v) is 5.94. The molecule has 2 N–H and O–H groups in total. The Kier molecular flexibility index (Phi) is 5.33. The molecule has 0 aliphatic heterocycles. The first-order valence-corrected chi connectivity index (χ1v) is 7.66. The maximum absolute atomic E-state index is 12.0. The van der Waals surface area contributed by atoms with Crippen molar-refractivity contribution in [2.45, 2.75) is 20.3 Å². The molecule has 0 saturated heterocycles. The molecule has 2 aromatic rings. The molecule has 0 radical (unpaired) electrons. The van der Waals surface area contributed by atoms with E-state index in [-0.39, 0.29) is 18.2 Å². The molecule has 114 valence electrons. The lowest BCUT2D eigenvalue weighted by molar-refractivity contribution is -0.123. The number of amides is 2. The van der Waals surface area contributed by atoms with E-state index in [2.05, 4.69) is 26.6 Å². The van der Waals surface area contributed by atoms with Crippen LogP contribution in [0.5, 0.6) is 0 Å². The summed E-state index contributed by atoms with van der Waals surface area (Å²) in [6.07, 6.45) is -0.219. The monoisotopic (exact) mass is 360 g/mol. The first kappa shape index (κ1) is 16.2. The van der Waals surface area contributed by atoms with Gasteiger partial charge in [0.15, 0.2) is 0 Å². The van der Waals surface area contributed by atoms with Crippen LogP contribution >= 0.6 is 15.9 Å². The van der Waals surface area contributed by atoms with E-state index >= 15 is 0 Å². The molecule has 2 aromatic carbocycles. The standard InChI is InChI=1S/C17H17BrN2O2/c1-11-4-3-5-15(12(11)2)20-17(22)10-16(21)19-14-8-6-13(18)7-9-14/h3-9H,10H2,1-2H3,(H,19,21)(H,20,22). The number of hydrogen-bond acceptors (Lipinski definition) is 2. The summed E-state index contributed by atoms with van der Waals surface area (Å²) in [6.45, 7) is 3.91. The van der Waals surface area contributed by atoms with Gasteiger partial charge in [0.1, 0.15) is 6.42 Å². The highest BCUT2D eigenvalue weighted by Gasteiger charge is 2.11. The summed E-state index contributed by atoms with van der Waals surface area (Å²) in [6, 6.07) is 12.9. The molecule has 2 amide bonds. The zero-order chi connectivity index (χ0) is 16.1. The summed E-state index contributed by atoms with van der Waals surface area (Å²) >= 11 is 3.32. The summed E-state index contributed by atoms with van der Waals surface area (Å²) in [5, 5.41) is 5.46. The number of benzene rings is 2. The fourth-order valence-electron chi connectivity index (χ4n) is 1.97. The van der Waals surface area contributed by atoms with Gasteiger partial charge in [-0.25, -0.2) is 0 Å². The van der Waals surface area contributed by atoms with E-state index in [0.29, 0.717) is 5.69 Å². The Morgan fingerprint density at radius 3 is 2.27 bits per heavy atom. The largest absolute Gasteiger partial charge is 0.326 e. The van der Waals surface area contributed by atoms with Crippen LogP contribution in [0.2, 0.25) is 0 Å². The first-order valence-electron chi connectivity index (χ1n) is 6.87. The molecular formula is C17H17BrN2O2. The van der Waals surface area contributed by atoms with Crippen molar-refractivity contribution in [3.63, 3.8) is 0 Å². The molecular weight excluding hydrogens is 344 g/mol. The molecule has 5 heteroatoms. The number of nitrogens with one attached hydrogen (secondary N) is 2. The number of carbonyl (C=O) groups is 2. The molecule has 0 aliphatic rings. The number of aryl methyl sites for hydroxylation is 1. The lowest BCUT2D eigenvalue weighted by atomic mass is 10.1. The lowest BCUT2D eigenvalue weighted by Gasteiger charge is -2.10. The number of hydrogen-bond donors (Lipinski definition) is 2. The number of carbonyl (C=O) groups excluding carboxylic acids is 2. The molecule has 0 aliphatic carbocycles. The maximum atomic E-state index is 12.0. The Bertz CT molecular complexity index is 696. The second kappa shape index (κ2) is 7.22. The van der Waals surface area contributed by atoms with Gasteiger partial charge in [-0.05, 0) is 55.3 Å². The van der Waals surface area contributed by atoms with Crippen molar-refractivity contribution in [3.8, 4) is 0 Å². The van der Waals surface area contributed by atoms with Gasteiger partial charge in [-0.15, -0.1) is 0 Å². The average Bonchev–Trinajstić information content (AvgIpc) is 2.46. The molecule has 2 rings (SSSR count). The highest BCUT2D eigenvalue weighted by molar-refractivity contribution is 9.10. The Morgan fingerprint density at radius 2 is 1.59 bits per heavy atom. The Balaban J connectivity index is 1.92. The fraction of sp³-hybridized carbons (Fsp3) is 0.176. The fourth-order valence-corrected chi connectivity index (χ4v) is 2.23. The van der Waals surface area contributed by atoms with Crippen LogP contribution in [0.3, 0.4) is 0 Å². The minimum Gasteiger partial charge on any atom is -0.326 e. The van der Waals surface area contributed by atoms with Crippen LogP contribution in [-0.4, -0.2) is 11.8 Å². The van der Waals surface area contributed by atoms with E-state index in [1.807, 2.05) is 44.2 Å². The van der Waals surface area contributed by atoms with Crippen molar-refractivity contribution in [3.05, 3.63) is 58.1 Å². The summed E-state index contributed by atoms with van der Waals surface area (Å²) in [5.41, 5.74) is 3.50. The van der Waals surface area contributed by atoms with E-state index in [9.17, 15) is 9.59 Å². The highest BCUT2D eigenvalue weighted by atomic mass is 79.9. The molecule has 22 heavy (non-hydrogen) atoms. The molecule has 4 nitrogen and oxygen atoms in total. The Hall–Kier alpha value is -2.14. The third-order valence-corrected chi connectivity index (χ3v) is 3.86. The van der Waals surface area contributed by atoms with Gasteiger partial charge >= 0.3 is 0 Å². The molecule has 0 saturated carbocycles. The van der Waals surface area contributed by atoms with Crippen molar-refractivity contribution in [1.29, 1.82) is 0 Å². The van der Waals surface area contributed by atoms with E-state index in [4.69, 9.17) is 0 Å². The molecule has 0 unspecified atom stereocenters. The van der Waals surface area contributed by atoms with Crippen molar-refractivity contribution < 1.29 is 9.59 Å². The maximum Gasteiger partial charge on any atom is 0.233 e. The van der Waals surface area contributed by atoms with Crippen LogP contribution in [-0.2, 0) is 9.59 Å². The van der Waals surface area contributed by atoms with Crippen molar-refractivity contribution in [2.24, 2.45) is 0 Å².